The van der Waals surface area contributed by atoms with Crippen LogP contribution in [0.2, 0.25) is 0 Å². The van der Waals surface area contributed by atoms with Crippen LogP contribution in [0.1, 0.15) is 19.8 Å². The summed E-state index contributed by atoms with van der Waals surface area (Å²) in [6, 6.07) is -0.849. The van der Waals surface area contributed by atoms with E-state index in [9.17, 15) is 13.2 Å². The number of carboxylic acids is 1. The maximum atomic E-state index is 11.5. The van der Waals surface area contributed by atoms with Crippen LogP contribution in [0.5, 0.6) is 0 Å². The lowest BCUT2D eigenvalue weighted by molar-refractivity contribution is -0.143. The Labute approximate surface area is 108 Å². The molecule has 0 amide bonds. The van der Waals surface area contributed by atoms with Gasteiger partial charge in [-0.3, -0.25) is 9.69 Å². The second-order valence-electron chi connectivity index (χ2n) is 4.66. The van der Waals surface area contributed by atoms with Gasteiger partial charge < -0.3 is 9.84 Å². The number of ether oxygens (including phenoxy) is 1. The predicted octanol–water partition coefficient (Wildman–Crippen LogP) is -0.0149. The van der Waals surface area contributed by atoms with Gasteiger partial charge in [0.05, 0.1) is 11.5 Å². The van der Waals surface area contributed by atoms with Crippen LogP contribution in [-0.4, -0.2) is 68.2 Å². The number of hydrogen-bond donors (Lipinski definition) is 1. The van der Waals surface area contributed by atoms with E-state index in [0.29, 0.717) is 26.0 Å². The Morgan fingerprint density at radius 1 is 1.56 bits per heavy atom. The standard InChI is InChI=1S/C11H21NO5S/c1-9(11(13)14)12(5-3-6-17-2)10-4-7-18(15,16)8-10/h9-10H,3-8H2,1-2H3,(H,13,14). The van der Waals surface area contributed by atoms with Gasteiger partial charge in [-0.1, -0.05) is 0 Å². The van der Waals surface area contributed by atoms with Crippen molar-refractivity contribution in [3.63, 3.8) is 0 Å². The van der Waals surface area contributed by atoms with Crippen LogP contribution >= 0.6 is 0 Å². The van der Waals surface area contributed by atoms with Gasteiger partial charge in [0, 0.05) is 26.3 Å². The van der Waals surface area contributed by atoms with Gasteiger partial charge >= 0.3 is 5.97 Å². The second-order valence-corrected chi connectivity index (χ2v) is 6.88. The zero-order valence-corrected chi connectivity index (χ0v) is 11.6. The van der Waals surface area contributed by atoms with E-state index in [4.69, 9.17) is 9.84 Å². The number of carboxylic acid groups (broad SMARTS) is 1. The SMILES string of the molecule is COCCCN(C1CCS(=O)(=O)C1)C(C)C(=O)O. The molecule has 1 fully saturated rings. The fourth-order valence-electron chi connectivity index (χ4n) is 2.26. The van der Waals surface area contributed by atoms with Gasteiger partial charge in [-0.2, -0.15) is 0 Å². The fourth-order valence-corrected chi connectivity index (χ4v) is 4.00. The van der Waals surface area contributed by atoms with Crippen molar-refractivity contribution in [2.24, 2.45) is 0 Å². The van der Waals surface area contributed by atoms with E-state index in [1.165, 1.54) is 0 Å². The van der Waals surface area contributed by atoms with Crippen molar-refractivity contribution in [2.45, 2.75) is 31.8 Å². The lowest BCUT2D eigenvalue weighted by Crippen LogP contribution is -2.47. The molecule has 1 saturated heterocycles. The summed E-state index contributed by atoms with van der Waals surface area (Å²) >= 11 is 0. The minimum absolute atomic E-state index is 0.0671. The molecule has 0 aromatic heterocycles. The highest BCUT2D eigenvalue weighted by Crippen LogP contribution is 2.20. The first kappa shape index (κ1) is 15.4. The summed E-state index contributed by atoms with van der Waals surface area (Å²) < 4.78 is 27.9. The Bertz CT molecular complexity index is 381. The van der Waals surface area contributed by atoms with Crippen molar-refractivity contribution in [1.29, 1.82) is 0 Å². The summed E-state index contributed by atoms with van der Waals surface area (Å²) in [4.78, 5) is 12.8. The monoisotopic (exact) mass is 279 g/mol. The molecule has 0 spiro atoms. The summed E-state index contributed by atoms with van der Waals surface area (Å²) in [6.07, 6.45) is 1.22. The van der Waals surface area contributed by atoms with Crippen molar-refractivity contribution in [2.75, 3.05) is 31.8 Å². The normalized spacial score (nSPS) is 24.3. The summed E-state index contributed by atoms with van der Waals surface area (Å²) in [7, 11) is -1.41. The van der Waals surface area contributed by atoms with Crippen molar-refractivity contribution in [1.82, 2.24) is 4.90 Å². The molecule has 0 aromatic carbocycles. The fraction of sp³-hybridized carbons (Fsp3) is 0.909. The number of nitrogens with zero attached hydrogens (tertiary/aromatic N) is 1. The molecule has 7 heteroatoms. The number of rotatable bonds is 7. The van der Waals surface area contributed by atoms with E-state index in [-0.39, 0.29) is 17.5 Å². The Hall–Kier alpha value is -0.660. The van der Waals surface area contributed by atoms with E-state index in [2.05, 4.69) is 0 Å². The first-order valence-corrected chi connectivity index (χ1v) is 7.87. The molecule has 0 aromatic rings. The van der Waals surface area contributed by atoms with Crippen LogP contribution in [0.15, 0.2) is 0 Å². The zero-order valence-electron chi connectivity index (χ0n) is 10.8. The summed E-state index contributed by atoms with van der Waals surface area (Å²) in [6.45, 7) is 2.68. The first-order chi connectivity index (χ1) is 8.37. The molecule has 106 valence electrons. The van der Waals surface area contributed by atoms with Crippen LogP contribution in [0.4, 0.5) is 0 Å². The molecule has 18 heavy (non-hydrogen) atoms. The van der Waals surface area contributed by atoms with E-state index >= 15 is 0 Å². The van der Waals surface area contributed by atoms with Crippen molar-refractivity contribution in [3.8, 4) is 0 Å². The van der Waals surface area contributed by atoms with Gasteiger partial charge in [0.25, 0.3) is 0 Å². The van der Waals surface area contributed by atoms with E-state index in [1.54, 1.807) is 18.9 Å². The van der Waals surface area contributed by atoms with Crippen molar-refractivity contribution in [3.05, 3.63) is 0 Å². The highest BCUT2D eigenvalue weighted by Gasteiger charge is 2.35. The Balaban J connectivity index is 2.68. The topological polar surface area (TPSA) is 83.9 Å². The van der Waals surface area contributed by atoms with Crippen molar-refractivity contribution >= 4 is 15.8 Å². The minimum Gasteiger partial charge on any atom is -0.480 e. The molecular weight excluding hydrogens is 258 g/mol. The third-order valence-corrected chi connectivity index (χ3v) is 5.05. The molecule has 1 rings (SSSR count). The molecule has 0 aliphatic carbocycles. The predicted molar refractivity (Wildman–Crippen MR) is 67.4 cm³/mol. The van der Waals surface area contributed by atoms with Crippen LogP contribution in [-0.2, 0) is 19.4 Å². The molecule has 1 aliphatic heterocycles. The lowest BCUT2D eigenvalue weighted by Gasteiger charge is -2.31. The van der Waals surface area contributed by atoms with Crippen LogP contribution < -0.4 is 0 Å². The average molecular weight is 279 g/mol. The summed E-state index contributed by atoms with van der Waals surface area (Å²) in [5.74, 6) is -0.695. The van der Waals surface area contributed by atoms with Gasteiger partial charge in [-0.15, -0.1) is 0 Å². The zero-order chi connectivity index (χ0) is 13.8. The molecule has 1 N–H and O–H groups in total. The van der Waals surface area contributed by atoms with Crippen molar-refractivity contribution < 1.29 is 23.1 Å². The maximum absolute atomic E-state index is 11.5. The molecule has 1 aliphatic rings. The Kier molecular flexibility index (Phi) is 5.55. The molecular formula is C11H21NO5S. The summed E-state index contributed by atoms with van der Waals surface area (Å²) in [5.41, 5.74) is 0. The number of methoxy groups -OCH3 is 1. The second kappa shape index (κ2) is 6.49. The van der Waals surface area contributed by atoms with Gasteiger partial charge in [0.15, 0.2) is 9.84 Å². The Morgan fingerprint density at radius 3 is 2.67 bits per heavy atom. The minimum atomic E-state index is -3.00. The number of carbonyl (C=O) groups is 1. The third kappa shape index (κ3) is 4.22. The highest BCUT2D eigenvalue weighted by atomic mass is 32.2. The lowest BCUT2D eigenvalue weighted by atomic mass is 10.1. The molecule has 0 saturated carbocycles. The van der Waals surface area contributed by atoms with Crippen LogP contribution in [0, 0.1) is 0 Å². The first-order valence-electron chi connectivity index (χ1n) is 6.05. The third-order valence-electron chi connectivity index (χ3n) is 3.30. The molecule has 0 radical (unpaired) electrons. The van der Waals surface area contributed by atoms with E-state index < -0.39 is 21.8 Å². The molecule has 0 bridgehead atoms. The van der Waals surface area contributed by atoms with Gasteiger partial charge in [-0.05, 0) is 19.8 Å². The van der Waals surface area contributed by atoms with E-state index in [0.717, 1.165) is 0 Å². The molecule has 6 nitrogen and oxygen atoms in total. The molecule has 1 heterocycles. The Morgan fingerprint density at radius 2 is 2.22 bits per heavy atom. The van der Waals surface area contributed by atoms with Crippen LogP contribution in [0.3, 0.4) is 0 Å². The smallest absolute Gasteiger partial charge is 0.320 e. The van der Waals surface area contributed by atoms with Gasteiger partial charge in [0.1, 0.15) is 6.04 Å². The number of hydrogen-bond acceptors (Lipinski definition) is 5. The quantitative estimate of drug-likeness (QED) is 0.660. The average Bonchev–Trinajstić information content (AvgIpc) is 2.64. The van der Waals surface area contributed by atoms with Crippen LogP contribution in [0.25, 0.3) is 0 Å². The van der Waals surface area contributed by atoms with Gasteiger partial charge in [0.2, 0.25) is 0 Å². The van der Waals surface area contributed by atoms with Gasteiger partial charge in [-0.25, -0.2) is 8.42 Å². The highest BCUT2D eigenvalue weighted by molar-refractivity contribution is 7.91. The molecule has 2 atom stereocenters. The maximum Gasteiger partial charge on any atom is 0.320 e. The van der Waals surface area contributed by atoms with E-state index in [1.807, 2.05) is 0 Å². The largest absolute Gasteiger partial charge is 0.480 e. The summed E-state index contributed by atoms with van der Waals surface area (Å²) in [5, 5.41) is 9.08. The molecule has 2 unspecified atom stereocenters. The number of aliphatic carboxylic acids is 1. The number of sulfone groups is 1.